The predicted octanol–water partition coefficient (Wildman–Crippen LogP) is 3.66. The third kappa shape index (κ3) is 6.59. The third-order valence-corrected chi connectivity index (χ3v) is 4.13. The summed E-state index contributed by atoms with van der Waals surface area (Å²) in [5, 5.41) is 2.80. The highest BCUT2D eigenvalue weighted by atomic mass is 16.5. The lowest BCUT2D eigenvalue weighted by Gasteiger charge is -2.18. The minimum absolute atomic E-state index is 0.0233. The van der Waals surface area contributed by atoms with Gasteiger partial charge in [0.05, 0.1) is 6.10 Å². The molecule has 1 atom stereocenters. The van der Waals surface area contributed by atoms with E-state index in [1.165, 1.54) is 18.1 Å². The van der Waals surface area contributed by atoms with Crippen molar-refractivity contribution in [2.24, 2.45) is 0 Å². The zero-order chi connectivity index (χ0) is 18.1. The highest BCUT2D eigenvalue weighted by molar-refractivity contribution is 5.72. The van der Waals surface area contributed by atoms with Gasteiger partial charge in [-0.25, -0.2) is 0 Å². The molecule has 0 bridgehead atoms. The number of hydrogen-bond acceptors (Lipinski definition) is 3. The SMILES string of the molecule is COC(CCc1ccc(C)cc1)COc1ccccc1CNC(C)=O. The molecule has 1 N–H and O–H groups in total. The summed E-state index contributed by atoms with van der Waals surface area (Å²) in [6, 6.07) is 16.3. The number of carbonyl (C=O) groups is 1. The van der Waals surface area contributed by atoms with Crippen molar-refractivity contribution in [3.8, 4) is 5.75 Å². The molecule has 0 aliphatic heterocycles. The van der Waals surface area contributed by atoms with Gasteiger partial charge in [0.2, 0.25) is 5.91 Å². The zero-order valence-electron chi connectivity index (χ0n) is 15.2. The normalized spacial score (nSPS) is 11.8. The van der Waals surface area contributed by atoms with Crippen LogP contribution in [0.3, 0.4) is 0 Å². The second-order valence-electron chi connectivity index (χ2n) is 6.21. The Kier molecular flexibility index (Phi) is 7.48. The first-order chi connectivity index (χ1) is 12.1. The molecular formula is C21H27NO3. The Morgan fingerprint density at radius 2 is 1.84 bits per heavy atom. The molecule has 0 spiro atoms. The fourth-order valence-electron chi connectivity index (χ4n) is 2.54. The Labute approximate surface area is 150 Å². The molecule has 134 valence electrons. The smallest absolute Gasteiger partial charge is 0.217 e. The molecule has 0 saturated heterocycles. The maximum atomic E-state index is 11.1. The number of hydrogen-bond donors (Lipinski definition) is 1. The number of rotatable bonds is 9. The molecule has 4 nitrogen and oxygen atoms in total. The molecule has 0 saturated carbocycles. The molecule has 25 heavy (non-hydrogen) atoms. The molecule has 4 heteroatoms. The molecule has 0 aliphatic carbocycles. The van der Waals surface area contributed by atoms with E-state index < -0.39 is 0 Å². The summed E-state index contributed by atoms with van der Waals surface area (Å²) in [5.41, 5.74) is 3.54. The number of ether oxygens (including phenoxy) is 2. The predicted molar refractivity (Wildman–Crippen MR) is 99.8 cm³/mol. The molecule has 0 aliphatic rings. The monoisotopic (exact) mass is 341 g/mol. The zero-order valence-corrected chi connectivity index (χ0v) is 15.2. The van der Waals surface area contributed by atoms with Crippen molar-refractivity contribution in [2.75, 3.05) is 13.7 Å². The van der Waals surface area contributed by atoms with E-state index in [2.05, 4.69) is 36.5 Å². The van der Waals surface area contributed by atoms with E-state index in [0.29, 0.717) is 13.2 Å². The standard InChI is InChI=1S/C21H27NO3/c1-16-8-10-18(11-9-16)12-13-20(24-3)15-25-21-7-5-4-6-19(21)14-22-17(2)23/h4-11,20H,12-15H2,1-3H3,(H,22,23). The number of aryl methyl sites for hydroxylation is 2. The van der Waals surface area contributed by atoms with Gasteiger partial charge in [-0.3, -0.25) is 4.79 Å². The van der Waals surface area contributed by atoms with Crippen LogP contribution in [0.25, 0.3) is 0 Å². The number of carbonyl (C=O) groups excluding carboxylic acids is 1. The van der Waals surface area contributed by atoms with E-state index in [0.717, 1.165) is 24.2 Å². The number of amides is 1. The quantitative estimate of drug-likeness (QED) is 0.757. The molecule has 0 heterocycles. The maximum absolute atomic E-state index is 11.1. The van der Waals surface area contributed by atoms with Crippen LogP contribution in [0.2, 0.25) is 0 Å². The van der Waals surface area contributed by atoms with Crippen molar-refractivity contribution in [3.63, 3.8) is 0 Å². The van der Waals surface area contributed by atoms with E-state index in [1.807, 2.05) is 24.3 Å². The summed E-state index contributed by atoms with van der Waals surface area (Å²) in [7, 11) is 1.71. The van der Waals surface area contributed by atoms with Gasteiger partial charge in [0.1, 0.15) is 12.4 Å². The Hall–Kier alpha value is -2.33. The number of para-hydroxylation sites is 1. The molecule has 2 aromatic rings. The minimum Gasteiger partial charge on any atom is -0.491 e. The van der Waals surface area contributed by atoms with Crippen LogP contribution < -0.4 is 10.1 Å². The Morgan fingerprint density at radius 1 is 1.12 bits per heavy atom. The van der Waals surface area contributed by atoms with Gasteiger partial charge in [-0.05, 0) is 31.4 Å². The second kappa shape index (κ2) is 9.84. The molecule has 0 fully saturated rings. The van der Waals surface area contributed by atoms with Crippen molar-refractivity contribution >= 4 is 5.91 Å². The van der Waals surface area contributed by atoms with E-state index in [1.54, 1.807) is 7.11 Å². The van der Waals surface area contributed by atoms with Crippen molar-refractivity contribution in [3.05, 3.63) is 65.2 Å². The van der Waals surface area contributed by atoms with Gasteiger partial charge in [0, 0.05) is 26.1 Å². The van der Waals surface area contributed by atoms with Crippen LogP contribution in [-0.2, 0) is 22.5 Å². The Bertz CT molecular complexity index is 667. The van der Waals surface area contributed by atoms with Crippen molar-refractivity contribution < 1.29 is 14.3 Å². The first kappa shape index (κ1) is 19.0. The molecule has 2 rings (SSSR count). The van der Waals surface area contributed by atoms with Crippen LogP contribution >= 0.6 is 0 Å². The van der Waals surface area contributed by atoms with Crippen LogP contribution in [-0.4, -0.2) is 25.7 Å². The summed E-state index contributed by atoms with van der Waals surface area (Å²) in [4.78, 5) is 11.1. The molecule has 0 radical (unpaired) electrons. The first-order valence-corrected chi connectivity index (χ1v) is 8.62. The fraction of sp³-hybridized carbons (Fsp3) is 0.381. The average molecular weight is 341 g/mol. The van der Waals surface area contributed by atoms with Gasteiger partial charge < -0.3 is 14.8 Å². The number of methoxy groups -OCH3 is 1. The molecule has 0 aromatic heterocycles. The van der Waals surface area contributed by atoms with E-state index >= 15 is 0 Å². The van der Waals surface area contributed by atoms with Crippen molar-refractivity contribution in [1.82, 2.24) is 5.32 Å². The summed E-state index contributed by atoms with van der Waals surface area (Å²) in [5.74, 6) is 0.733. The largest absolute Gasteiger partial charge is 0.491 e. The van der Waals surface area contributed by atoms with Gasteiger partial charge in [0.25, 0.3) is 0 Å². The van der Waals surface area contributed by atoms with Gasteiger partial charge >= 0.3 is 0 Å². The Morgan fingerprint density at radius 3 is 2.52 bits per heavy atom. The summed E-state index contributed by atoms with van der Waals surface area (Å²) in [6.45, 7) is 4.55. The van der Waals surface area contributed by atoms with Gasteiger partial charge in [-0.2, -0.15) is 0 Å². The lowest BCUT2D eigenvalue weighted by atomic mass is 10.1. The van der Waals surface area contributed by atoms with Crippen LogP contribution in [0.5, 0.6) is 5.75 Å². The topological polar surface area (TPSA) is 47.6 Å². The maximum Gasteiger partial charge on any atom is 0.217 e. The van der Waals surface area contributed by atoms with Gasteiger partial charge in [-0.1, -0.05) is 48.0 Å². The average Bonchev–Trinajstić information content (AvgIpc) is 2.62. The first-order valence-electron chi connectivity index (χ1n) is 8.62. The van der Waals surface area contributed by atoms with E-state index in [9.17, 15) is 4.79 Å². The number of nitrogens with one attached hydrogen (secondary N) is 1. The summed E-state index contributed by atoms with van der Waals surface area (Å²) >= 11 is 0. The lowest BCUT2D eigenvalue weighted by Crippen LogP contribution is -2.23. The second-order valence-corrected chi connectivity index (χ2v) is 6.21. The van der Waals surface area contributed by atoms with Crippen LogP contribution in [0, 0.1) is 6.92 Å². The highest BCUT2D eigenvalue weighted by Crippen LogP contribution is 2.19. The molecule has 1 unspecified atom stereocenters. The van der Waals surface area contributed by atoms with Gasteiger partial charge in [-0.15, -0.1) is 0 Å². The highest BCUT2D eigenvalue weighted by Gasteiger charge is 2.11. The Balaban J connectivity index is 1.87. The third-order valence-electron chi connectivity index (χ3n) is 4.13. The van der Waals surface area contributed by atoms with E-state index in [-0.39, 0.29) is 12.0 Å². The summed E-state index contributed by atoms with van der Waals surface area (Å²) in [6.07, 6.45) is 1.87. The number of benzene rings is 2. The van der Waals surface area contributed by atoms with Crippen LogP contribution in [0.15, 0.2) is 48.5 Å². The van der Waals surface area contributed by atoms with Crippen molar-refractivity contribution in [2.45, 2.75) is 39.3 Å². The summed E-state index contributed by atoms with van der Waals surface area (Å²) < 4.78 is 11.5. The van der Waals surface area contributed by atoms with Crippen LogP contribution in [0.4, 0.5) is 0 Å². The molecule has 2 aromatic carbocycles. The van der Waals surface area contributed by atoms with E-state index in [4.69, 9.17) is 9.47 Å². The van der Waals surface area contributed by atoms with Gasteiger partial charge in [0.15, 0.2) is 0 Å². The van der Waals surface area contributed by atoms with Crippen molar-refractivity contribution in [1.29, 1.82) is 0 Å². The molecule has 1 amide bonds. The minimum atomic E-state index is -0.0531. The molecular weight excluding hydrogens is 314 g/mol. The lowest BCUT2D eigenvalue weighted by molar-refractivity contribution is -0.119. The fourth-order valence-corrected chi connectivity index (χ4v) is 2.54. The van der Waals surface area contributed by atoms with Crippen LogP contribution in [0.1, 0.15) is 30.0 Å².